The van der Waals surface area contributed by atoms with Crippen molar-refractivity contribution in [1.29, 1.82) is 0 Å². The Bertz CT molecular complexity index is 438. The normalized spacial score (nSPS) is 24.5. The zero-order valence-corrected chi connectivity index (χ0v) is 9.16. The van der Waals surface area contributed by atoms with E-state index in [-0.39, 0.29) is 5.75 Å². The van der Waals surface area contributed by atoms with Crippen LogP contribution in [0.4, 0.5) is 0 Å². The number of hydrogen-bond donors (Lipinski definition) is 1. The van der Waals surface area contributed by atoms with Crippen LogP contribution in [0.2, 0.25) is 0 Å². The van der Waals surface area contributed by atoms with E-state index in [2.05, 4.69) is 4.98 Å². The highest BCUT2D eigenvalue weighted by Gasteiger charge is 2.36. The summed E-state index contributed by atoms with van der Waals surface area (Å²) in [5.74, 6) is 1.23. The molecule has 0 amide bonds. The first kappa shape index (κ1) is 10.6. The van der Waals surface area contributed by atoms with Crippen molar-refractivity contribution in [3.63, 3.8) is 0 Å². The molecule has 1 saturated heterocycles. The molecule has 5 nitrogen and oxygen atoms in total. The van der Waals surface area contributed by atoms with Gasteiger partial charge in [-0.3, -0.25) is 0 Å². The highest BCUT2D eigenvalue weighted by atomic mass is 32.2. The molecule has 1 aromatic heterocycles. The second kappa shape index (κ2) is 3.94. The molecule has 1 aliphatic rings. The van der Waals surface area contributed by atoms with Gasteiger partial charge in [0.05, 0.1) is 11.9 Å². The predicted octanol–water partition coefficient (Wildman–Crippen LogP) is 0.426. The molecular weight excluding hydrogens is 216 g/mol. The lowest BCUT2D eigenvalue weighted by Crippen LogP contribution is -2.08. The van der Waals surface area contributed by atoms with Gasteiger partial charge in [0, 0.05) is 6.42 Å². The van der Waals surface area contributed by atoms with Gasteiger partial charge in [-0.1, -0.05) is 0 Å². The van der Waals surface area contributed by atoms with Crippen LogP contribution < -0.4 is 5.73 Å². The Hall–Kier alpha value is -0.880. The van der Waals surface area contributed by atoms with E-state index in [4.69, 9.17) is 10.2 Å². The Balaban J connectivity index is 2.22. The van der Waals surface area contributed by atoms with Crippen LogP contribution in [0.1, 0.15) is 29.7 Å². The molecule has 2 rings (SSSR count). The standard InChI is InChI=1S/C9H14N2O3S/c10-4-3-7-6-11-9(14-7)8-2-1-5-15(8,12)13/h6,8H,1-5,10H2. The van der Waals surface area contributed by atoms with Crippen LogP contribution in [0.15, 0.2) is 10.6 Å². The predicted molar refractivity (Wildman–Crippen MR) is 55.0 cm³/mol. The summed E-state index contributed by atoms with van der Waals surface area (Å²) in [4.78, 5) is 4.01. The molecule has 1 unspecified atom stereocenters. The zero-order valence-electron chi connectivity index (χ0n) is 8.35. The van der Waals surface area contributed by atoms with Crippen LogP contribution in [-0.4, -0.2) is 25.7 Å². The van der Waals surface area contributed by atoms with Gasteiger partial charge in [-0.15, -0.1) is 0 Å². The fraction of sp³-hybridized carbons (Fsp3) is 0.667. The van der Waals surface area contributed by atoms with E-state index in [1.807, 2.05) is 0 Å². The summed E-state index contributed by atoms with van der Waals surface area (Å²) in [6.45, 7) is 0.478. The average Bonchev–Trinajstić information content (AvgIpc) is 2.72. The van der Waals surface area contributed by atoms with E-state index in [1.54, 1.807) is 6.20 Å². The molecule has 6 heteroatoms. The number of nitrogens with two attached hydrogens (primary N) is 1. The van der Waals surface area contributed by atoms with E-state index >= 15 is 0 Å². The minimum Gasteiger partial charge on any atom is -0.444 e. The summed E-state index contributed by atoms with van der Waals surface area (Å²) in [5, 5.41) is -0.538. The Morgan fingerprint density at radius 3 is 3.00 bits per heavy atom. The average molecular weight is 230 g/mol. The maximum Gasteiger partial charge on any atom is 0.212 e. The van der Waals surface area contributed by atoms with Gasteiger partial charge in [0.15, 0.2) is 9.84 Å². The van der Waals surface area contributed by atoms with E-state index in [9.17, 15) is 8.42 Å². The van der Waals surface area contributed by atoms with Crippen molar-refractivity contribution in [2.45, 2.75) is 24.5 Å². The van der Waals surface area contributed by atoms with Gasteiger partial charge in [-0.2, -0.15) is 0 Å². The van der Waals surface area contributed by atoms with Gasteiger partial charge in [0.1, 0.15) is 11.0 Å². The number of rotatable bonds is 3. The van der Waals surface area contributed by atoms with Gasteiger partial charge in [0.2, 0.25) is 5.89 Å². The fourth-order valence-corrected chi connectivity index (χ4v) is 3.59. The Kier molecular flexibility index (Phi) is 2.79. The zero-order chi connectivity index (χ0) is 10.9. The van der Waals surface area contributed by atoms with Crippen LogP contribution in [0, 0.1) is 0 Å². The van der Waals surface area contributed by atoms with Crippen LogP contribution in [0.25, 0.3) is 0 Å². The van der Waals surface area contributed by atoms with E-state index in [0.29, 0.717) is 37.5 Å². The first-order chi connectivity index (χ1) is 7.13. The molecular formula is C9H14N2O3S. The molecule has 1 atom stereocenters. The molecule has 15 heavy (non-hydrogen) atoms. The van der Waals surface area contributed by atoms with Crippen molar-refractivity contribution < 1.29 is 12.8 Å². The Morgan fingerprint density at radius 2 is 2.40 bits per heavy atom. The van der Waals surface area contributed by atoms with Gasteiger partial charge in [-0.05, 0) is 19.4 Å². The van der Waals surface area contributed by atoms with E-state index in [1.165, 1.54) is 0 Å². The number of aromatic nitrogens is 1. The monoisotopic (exact) mass is 230 g/mol. The van der Waals surface area contributed by atoms with Crippen molar-refractivity contribution in [3.05, 3.63) is 17.8 Å². The van der Waals surface area contributed by atoms with Crippen molar-refractivity contribution in [2.24, 2.45) is 5.73 Å². The fourth-order valence-electron chi connectivity index (χ4n) is 1.80. The van der Waals surface area contributed by atoms with Gasteiger partial charge < -0.3 is 10.2 Å². The maximum atomic E-state index is 11.6. The molecule has 2 heterocycles. The summed E-state index contributed by atoms with van der Waals surface area (Å²) in [5.41, 5.74) is 5.37. The Labute approximate surface area is 88.6 Å². The third-order valence-electron chi connectivity index (χ3n) is 2.57. The lowest BCUT2D eigenvalue weighted by atomic mass is 10.2. The van der Waals surface area contributed by atoms with E-state index in [0.717, 1.165) is 0 Å². The quantitative estimate of drug-likeness (QED) is 0.813. The second-order valence-electron chi connectivity index (χ2n) is 3.70. The minimum absolute atomic E-state index is 0.242. The first-order valence-electron chi connectivity index (χ1n) is 5.00. The molecule has 0 aromatic carbocycles. The SMILES string of the molecule is NCCc1cnc(C2CCCS2(=O)=O)o1. The van der Waals surface area contributed by atoms with E-state index < -0.39 is 15.1 Å². The third-order valence-corrected chi connectivity index (χ3v) is 4.73. The highest BCUT2D eigenvalue weighted by Crippen LogP contribution is 2.33. The van der Waals surface area contributed by atoms with Crippen LogP contribution >= 0.6 is 0 Å². The van der Waals surface area contributed by atoms with Crippen LogP contribution in [0.3, 0.4) is 0 Å². The number of oxazole rings is 1. The van der Waals surface area contributed by atoms with Crippen LogP contribution in [-0.2, 0) is 16.3 Å². The van der Waals surface area contributed by atoms with Crippen LogP contribution in [0.5, 0.6) is 0 Å². The Morgan fingerprint density at radius 1 is 1.60 bits per heavy atom. The lowest BCUT2D eigenvalue weighted by Gasteiger charge is -2.03. The van der Waals surface area contributed by atoms with Crippen molar-refractivity contribution in [1.82, 2.24) is 4.98 Å². The topological polar surface area (TPSA) is 86.2 Å². The summed E-state index contributed by atoms with van der Waals surface area (Å²) in [7, 11) is -3.03. The summed E-state index contributed by atoms with van der Waals surface area (Å²) < 4.78 is 28.6. The van der Waals surface area contributed by atoms with Gasteiger partial charge in [0.25, 0.3) is 0 Å². The second-order valence-corrected chi connectivity index (χ2v) is 6.00. The molecule has 0 saturated carbocycles. The largest absolute Gasteiger partial charge is 0.444 e. The molecule has 0 aliphatic carbocycles. The minimum atomic E-state index is -3.03. The summed E-state index contributed by atoms with van der Waals surface area (Å²) in [6.07, 6.45) is 3.47. The molecule has 0 spiro atoms. The first-order valence-corrected chi connectivity index (χ1v) is 6.71. The molecule has 1 aromatic rings. The van der Waals surface area contributed by atoms with Gasteiger partial charge >= 0.3 is 0 Å². The lowest BCUT2D eigenvalue weighted by molar-refractivity contribution is 0.443. The van der Waals surface area contributed by atoms with Gasteiger partial charge in [-0.25, -0.2) is 13.4 Å². The van der Waals surface area contributed by atoms with Crippen molar-refractivity contribution in [3.8, 4) is 0 Å². The molecule has 0 bridgehead atoms. The highest BCUT2D eigenvalue weighted by molar-refractivity contribution is 7.91. The summed E-state index contributed by atoms with van der Waals surface area (Å²) in [6, 6.07) is 0. The number of nitrogens with zero attached hydrogens (tertiary/aromatic N) is 1. The summed E-state index contributed by atoms with van der Waals surface area (Å²) >= 11 is 0. The smallest absolute Gasteiger partial charge is 0.212 e. The molecule has 1 fully saturated rings. The molecule has 2 N–H and O–H groups in total. The van der Waals surface area contributed by atoms with Crippen molar-refractivity contribution in [2.75, 3.05) is 12.3 Å². The molecule has 0 radical (unpaired) electrons. The number of sulfone groups is 1. The van der Waals surface area contributed by atoms with Crippen molar-refractivity contribution >= 4 is 9.84 Å². The molecule has 1 aliphatic heterocycles. The number of hydrogen-bond acceptors (Lipinski definition) is 5. The molecule has 84 valence electrons. The third kappa shape index (κ3) is 2.05. The maximum absolute atomic E-state index is 11.6.